The zero-order valence-corrected chi connectivity index (χ0v) is 39.2. The molecule has 4 aliphatic carbocycles. The summed E-state index contributed by atoms with van der Waals surface area (Å²) in [5.74, 6) is 1.38. The standard InChI is InChI=1S/C45H76Cl2N10O5/c1-5-48-40(58)24-36-44-54-53-27(3)57(44)39-17-15-33(23-35(39)43(50-36)29-8-12-31(47)13-9-29)62-21-20-61-19-18-49-41(59)25-37-45-55-52-26(2)56(45)38-16-14-32(60-4)22-34(38)42(51-37)28-6-10-30(46)11-7-28/h26-39,44-45,52-55H,5-25H2,1-4H3,(H,48,58)(H,49,59)/t26?,27?,28?,29?,30?,31?,32?,33?,34?,35?,36-,37+,38?,39?,44?,45?/m1/s1. The Labute approximate surface area is 380 Å². The summed E-state index contributed by atoms with van der Waals surface area (Å²) < 4.78 is 18.5. The van der Waals surface area contributed by atoms with Crippen molar-refractivity contribution in [2.24, 2.45) is 33.7 Å². The molecule has 6 N–H and O–H groups in total. The van der Waals surface area contributed by atoms with E-state index in [0.717, 1.165) is 89.9 Å². The number of hydrazine groups is 2. The Kier molecular flexibility index (Phi) is 16.6. The highest BCUT2D eigenvalue weighted by Crippen LogP contribution is 2.44. The van der Waals surface area contributed by atoms with Gasteiger partial charge in [-0.15, -0.1) is 23.2 Å². The van der Waals surface area contributed by atoms with Gasteiger partial charge in [0, 0.05) is 66.3 Å². The quantitative estimate of drug-likeness (QED) is 0.103. The summed E-state index contributed by atoms with van der Waals surface area (Å²) in [7, 11) is 1.83. The number of rotatable bonds is 15. The van der Waals surface area contributed by atoms with E-state index in [9.17, 15) is 9.59 Å². The SMILES string of the molecule is CCNC(=O)C[C@H]1N=C(C2CCC(Cl)CC2)C2CC(OCCOCCNC(=O)C[C@@H]3N=C(C4CCC(Cl)CC4)C4CC(OC)CCC4N4C(C)NNC34)CCC2N2C(C)NNC12. The third-order valence-electron chi connectivity index (χ3n) is 15.6. The van der Waals surface area contributed by atoms with Crippen molar-refractivity contribution >= 4 is 46.4 Å². The van der Waals surface area contributed by atoms with Crippen LogP contribution in [0.25, 0.3) is 0 Å². The van der Waals surface area contributed by atoms with Crippen LogP contribution in [0.15, 0.2) is 9.98 Å². The van der Waals surface area contributed by atoms with Crippen molar-refractivity contribution in [2.45, 2.75) is 195 Å². The van der Waals surface area contributed by atoms with Crippen LogP contribution in [-0.2, 0) is 23.8 Å². The summed E-state index contributed by atoms with van der Waals surface area (Å²) in [4.78, 5) is 42.8. The molecule has 350 valence electrons. The third kappa shape index (κ3) is 10.9. The van der Waals surface area contributed by atoms with Gasteiger partial charge >= 0.3 is 0 Å². The van der Waals surface area contributed by atoms with E-state index >= 15 is 0 Å². The van der Waals surface area contributed by atoms with Crippen molar-refractivity contribution in [2.75, 3.05) is 40.0 Å². The van der Waals surface area contributed by atoms with Gasteiger partial charge < -0.3 is 24.8 Å². The van der Waals surface area contributed by atoms with E-state index in [1.807, 2.05) is 14.0 Å². The number of carbonyl (C=O) groups excluding carboxylic acids is 2. The van der Waals surface area contributed by atoms with Crippen LogP contribution >= 0.6 is 23.2 Å². The number of methoxy groups -OCH3 is 1. The van der Waals surface area contributed by atoms with Gasteiger partial charge in [0.1, 0.15) is 0 Å². The van der Waals surface area contributed by atoms with Gasteiger partial charge in [-0.1, -0.05) is 0 Å². The number of ether oxygens (including phenoxy) is 3. The molecule has 2 saturated heterocycles. The number of fused-ring (bicyclic) bond motifs is 6. The van der Waals surface area contributed by atoms with Crippen LogP contribution in [0.1, 0.15) is 124 Å². The van der Waals surface area contributed by atoms with Crippen LogP contribution in [-0.4, -0.2) is 145 Å². The zero-order valence-electron chi connectivity index (χ0n) is 37.7. The first kappa shape index (κ1) is 47.0. The topological polar surface area (TPSA) is 165 Å². The van der Waals surface area contributed by atoms with E-state index in [2.05, 4.69) is 56.0 Å². The second kappa shape index (κ2) is 21.9. The maximum atomic E-state index is 13.6. The number of halogens is 2. The Morgan fingerprint density at radius 1 is 0.661 bits per heavy atom. The molecular formula is C45H76Cl2N10O5. The molecule has 10 unspecified atom stereocenters. The Hall–Kier alpha value is -1.50. The van der Waals surface area contributed by atoms with Crippen molar-refractivity contribution in [3.8, 4) is 0 Å². The molecule has 0 radical (unpaired) electrons. The monoisotopic (exact) mass is 907 g/mol. The first-order valence-electron chi connectivity index (χ1n) is 24.4. The molecule has 0 spiro atoms. The average Bonchev–Trinajstić information content (AvgIpc) is 3.77. The van der Waals surface area contributed by atoms with E-state index in [1.54, 1.807) is 0 Å². The van der Waals surface area contributed by atoms with Crippen molar-refractivity contribution in [1.82, 2.24) is 42.1 Å². The fraction of sp³-hybridized carbons (Fsp3) is 0.911. The molecule has 0 aromatic carbocycles. The van der Waals surface area contributed by atoms with Crippen LogP contribution in [0.4, 0.5) is 0 Å². The molecule has 0 aromatic heterocycles. The van der Waals surface area contributed by atoms with E-state index in [1.165, 1.54) is 11.4 Å². The summed E-state index contributed by atoms with van der Waals surface area (Å²) in [6, 6.07) is 0.273. The van der Waals surface area contributed by atoms with E-state index in [-0.39, 0.29) is 77.4 Å². The fourth-order valence-electron chi connectivity index (χ4n) is 12.6. The number of nitrogens with zero attached hydrogens (tertiary/aromatic N) is 4. The van der Waals surface area contributed by atoms with Crippen LogP contribution in [0, 0.1) is 23.7 Å². The van der Waals surface area contributed by atoms with Gasteiger partial charge in [0.15, 0.2) is 0 Å². The van der Waals surface area contributed by atoms with Crippen molar-refractivity contribution in [3.63, 3.8) is 0 Å². The van der Waals surface area contributed by atoms with Gasteiger partial charge in [-0.25, -0.2) is 21.7 Å². The molecule has 4 saturated carbocycles. The number of aliphatic imine (C=N–C) groups is 2. The molecule has 62 heavy (non-hydrogen) atoms. The highest BCUT2D eigenvalue weighted by Gasteiger charge is 2.52. The van der Waals surface area contributed by atoms with E-state index < -0.39 is 0 Å². The number of hydrogen-bond acceptors (Lipinski definition) is 13. The largest absolute Gasteiger partial charge is 0.381 e. The second-order valence-corrected chi connectivity index (χ2v) is 20.7. The van der Waals surface area contributed by atoms with Gasteiger partial charge in [0.2, 0.25) is 11.8 Å². The second-order valence-electron chi connectivity index (χ2n) is 19.5. The molecule has 12 atom stereocenters. The first-order chi connectivity index (χ1) is 30.1. The molecule has 17 heteroatoms. The minimum Gasteiger partial charge on any atom is -0.381 e. The number of carbonyl (C=O) groups is 2. The van der Waals surface area contributed by atoms with Gasteiger partial charge in [-0.05, 0) is 122 Å². The predicted octanol–water partition coefficient (Wildman–Crippen LogP) is 4.18. The number of nitrogens with one attached hydrogen (secondary N) is 6. The lowest BCUT2D eigenvalue weighted by molar-refractivity contribution is -0.122. The summed E-state index contributed by atoms with van der Waals surface area (Å²) in [5, 5.41) is 6.62. The summed E-state index contributed by atoms with van der Waals surface area (Å²) in [6.45, 7) is 8.80. The average molecular weight is 908 g/mol. The lowest BCUT2D eigenvalue weighted by Crippen LogP contribution is -2.55. The summed E-state index contributed by atoms with van der Waals surface area (Å²) >= 11 is 13.2. The molecule has 2 amide bonds. The lowest BCUT2D eigenvalue weighted by atomic mass is 9.72. The molecule has 4 heterocycles. The van der Waals surface area contributed by atoms with Gasteiger partial charge in [-0.2, -0.15) is 0 Å². The minimum absolute atomic E-state index is 0.00582. The highest BCUT2D eigenvalue weighted by molar-refractivity contribution is 6.21. The Morgan fingerprint density at radius 3 is 1.68 bits per heavy atom. The Bertz CT molecular complexity index is 1560. The van der Waals surface area contributed by atoms with Crippen LogP contribution in [0.5, 0.6) is 0 Å². The molecule has 4 aliphatic heterocycles. The molecule has 8 aliphatic rings. The Balaban J connectivity index is 0.841. The van der Waals surface area contributed by atoms with E-state index in [4.69, 9.17) is 47.4 Å². The normalized spacial score (nSPS) is 41.4. The zero-order chi connectivity index (χ0) is 43.3. The predicted molar refractivity (Wildman–Crippen MR) is 243 cm³/mol. The van der Waals surface area contributed by atoms with Crippen LogP contribution in [0.3, 0.4) is 0 Å². The molecular weight excluding hydrogens is 831 g/mol. The summed E-state index contributed by atoms with van der Waals surface area (Å²) in [5.41, 5.74) is 16.6. The number of alkyl halides is 2. The molecule has 0 bridgehead atoms. The van der Waals surface area contributed by atoms with Gasteiger partial charge in [0.25, 0.3) is 0 Å². The van der Waals surface area contributed by atoms with Crippen molar-refractivity contribution < 1.29 is 23.8 Å². The molecule has 8 rings (SSSR count). The van der Waals surface area contributed by atoms with Gasteiger partial charge in [-0.3, -0.25) is 29.4 Å². The van der Waals surface area contributed by atoms with Crippen LogP contribution < -0.4 is 32.3 Å². The maximum Gasteiger partial charge on any atom is 0.222 e. The molecule has 6 fully saturated rings. The third-order valence-corrected chi connectivity index (χ3v) is 16.5. The smallest absolute Gasteiger partial charge is 0.222 e. The number of hydrogen-bond donors (Lipinski definition) is 6. The van der Waals surface area contributed by atoms with E-state index in [0.29, 0.717) is 75.6 Å². The van der Waals surface area contributed by atoms with Crippen molar-refractivity contribution in [3.05, 3.63) is 0 Å². The summed E-state index contributed by atoms with van der Waals surface area (Å²) in [6.07, 6.45) is 15.3. The molecule has 15 nitrogen and oxygen atoms in total. The Morgan fingerprint density at radius 2 is 1.16 bits per heavy atom. The molecule has 0 aromatic rings. The maximum absolute atomic E-state index is 13.6. The number of amides is 2. The highest BCUT2D eigenvalue weighted by atomic mass is 35.5. The first-order valence-corrected chi connectivity index (χ1v) is 25.2. The fourth-order valence-corrected chi connectivity index (χ4v) is 13.1. The van der Waals surface area contributed by atoms with Gasteiger partial charge in [0.05, 0.1) is 81.6 Å². The van der Waals surface area contributed by atoms with Crippen LogP contribution in [0.2, 0.25) is 0 Å². The minimum atomic E-state index is -0.208. The van der Waals surface area contributed by atoms with Crippen molar-refractivity contribution in [1.29, 1.82) is 0 Å². The lowest BCUT2D eigenvalue weighted by Gasteiger charge is -2.44.